The highest BCUT2D eigenvalue weighted by atomic mass is 35.5. The molecular formula is C17H24ClNO2. The molecule has 0 aliphatic carbocycles. The van der Waals surface area contributed by atoms with Gasteiger partial charge >= 0.3 is 0 Å². The highest BCUT2D eigenvalue weighted by molar-refractivity contribution is 5.85. The van der Waals surface area contributed by atoms with Crippen molar-refractivity contribution >= 4 is 12.4 Å². The van der Waals surface area contributed by atoms with Gasteiger partial charge in [-0.2, -0.15) is 0 Å². The molecular weight excluding hydrogens is 286 g/mol. The van der Waals surface area contributed by atoms with Crippen LogP contribution in [-0.4, -0.2) is 19.3 Å². The zero-order valence-electron chi connectivity index (χ0n) is 12.7. The first kappa shape index (κ1) is 17.8. The van der Waals surface area contributed by atoms with Gasteiger partial charge in [-0.15, -0.1) is 12.4 Å². The van der Waals surface area contributed by atoms with E-state index in [1.807, 2.05) is 30.3 Å². The molecule has 3 nitrogen and oxygen atoms in total. The summed E-state index contributed by atoms with van der Waals surface area (Å²) in [6, 6.07) is 14.2. The Morgan fingerprint density at radius 3 is 2.57 bits per heavy atom. The van der Waals surface area contributed by atoms with Crippen LogP contribution in [0.3, 0.4) is 0 Å². The fourth-order valence-corrected chi connectivity index (χ4v) is 1.96. The van der Waals surface area contributed by atoms with E-state index < -0.39 is 0 Å². The van der Waals surface area contributed by atoms with Crippen LogP contribution in [0.1, 0.15) is 26.0 Å². The minimum Gasteiger partial charge on any atom is -0.460 e. The van der Waals surface area contributed by atoms with Crippen molar-refractivity contribution in [3.8, 4) is 11.3 Å². The van der Waals surface area contributed by atoms with Crippen LogP contribution < -0.4 is 5.32 Å². The van der Waals surface area contributed by atoms with E-state index in [2.05, 4.69) is 31.3 Å². The van der Waals surface area contributed by atoms with Gasteiger partial charge in [0.05, 0.1) is 12.6 Å². The first-order valence-electron chi connectivity index (χ1n) is 7.22. The smallest absolute Gasteiger partial charge is 0.134 e. The van der Waals surface area contributed by atoms with Crippen molar-refractivity contribution in [1.29, 1.82) is 0 Å². The van der Waals surface area contributed by atoms with Crippen LogP contribution in [0.5, 0.6) is 0 Å². The zero-order valence-corrected chi connectivity index (χ0v) is 13.5. The lowest BCUT2D eigenvalue weighted by Gasteiger charge is -2.07. The molecule has 0 saturated carbocycles. The van der Waals surface area contributed by atoms with Gasteiger partial charge in [-0.3, -0.25) is 0 Å². The fourth-order valence-electron chi connectivity index (χ4n) is 1.96. The van der Waals surface area contributed by atoms with Crippen LogP contribution in [0.2, 0.25) is 0 Å². The Hall–Kier alpha value is -1.29. The third kappa shape index (κ3) is 6.34. The molecule has 0 aliphatic heterocycles. The highest BCUT2D eigenvalue weighted by Gasteiger charge is 2.03. The average molecular weight is 310 g/mol. The number of benzene rings is 1. The van der Waals surface area contributed by atoms with Crippen molar-refractivity contribution in [2.75, 3.05) is 13.2 Å². The summed E-state index contributed by atoms with van der Waals surface area (Å²) in [6.45, 7) is 6.61. The second kappa shape index (κ2) is 9.61. The Morgan fingerprint density at radius 1 is 1.10 bits per heavy atom. The quantitative estimate of drug-likeness (QED) is 0.739. The number of halogens is 1. The SMILES string of the molecule is CC(C)OCCCNCc1ccc(-c2ccccc2)o1.Cl. The largest absolute Gasteiger partial charge is 0.460 e. The maximum atomic E-state index is 5.82. The van der Waals surface area contributed by atoms with Gasteiger partial charge in [0.25, 0.3) is 0 Å². The molecule has 0 amide bonds. The third-order valence-electron chi connectivity index (χ3n) is 2.97. The van der Waals surface area contributed by atoms with E-state index in [4.69, 9.17) is 9.15 Å². The van der Waals surface area contributed by atoms with Crippen molar-refractivity contribution in [2.24, 2.45) is 0 Å². The van der Waals surface area contributed by atoms with Crippen molar-refractivity contribution in [3.63, 3.8) is 0 Å². The Kier molecular flexibility index (Phi) is 8.13. The van der Waals surface area contributed by atoms with Gasteiger partial charge in [0.2, 0.25) is 0 Å². The second-order valence-electron chi connectivity index (χ2n) is 5.08. The summed E-state index contributed by atoms with van der Waals surface area (Å²) in [4.78, 5) is 0. The highest BCUT2D eigenvalue weighted by Crippen LogP contribution is 2.21. The molecule has 0 unspecified atom stereocenters. The molecule has 0 saturated heterocycles. The molecule has 1 N–H and O–H groups in total. The van der Waals surface area contributed by atoms with Crippen LogP contribution >= 0.6 is 12.4 Å². The molecule has 21 heavy (non-hydrogen) atoms. The summed E-state index contributed by atoms with van der Waals surface area (Å²) in [5.41, 5.74) is 1.11. The van der Waals surface area contributed by atoms with Crippen molar-refractivity contribution in [2.45, 2.75) is 32.9 Å². The molecule has 0 spiro atoms. The number of nitrogens with one attached hydrogen (secondary N) is 1. The van der Waals surface area contributed by atoms with Gasteiger partial charge in [-0.1, -0.05) is 30.3 Å². The lowest BCUT2D eigenvalue weighted by atomic mass is 10.2. The minimum absolute atomic E-state index is 0. The molecule has 1 heterocycles. The zero-order chi connectivity index (χ0) is 14.2. The van der Waals surface area contributed by atoms with Crippen LogP contribution in [0.15, 0.2) is 46.9 Å². The fraction of sp³-hybridized carbons (Fsp3) is 0.412. The molecule has 116 valence electrons. The Labute approximate surface area is 133 Å². The maximum Gasteiger partial charge on any atom is 0.134 e. The normalized spacial score (nSPS) is 10.6. The van der Waals surface area contributed by atoms with Crippen molar-refractivity contribution < 1.29 is 9.15 Å². The monoisotopic (exact) mass is 309 g/mol. The number of rotatable bonds is 8. The number of ether oxygens (including phenoxy) is 1. The van der Waals surface area contributed by atoms with E-state index in [0.29, 0.717) is 6.10 Å². The van der Waals surface area contributed by atoms with Crippen LogP contribution in [0, 0.1) is 0 Å². The van der Waals surface area contributed by atoms with E-state index in [0.717, 1.165) is 43.2 Å². The summed E-state index contributed by atoms with van der Waals surface area (Å²) < 4.78 is 11.3. The van der Waals surface area contributed by atoms with E-state index in [9.17, 15) is 0 Å². The van der Waals surface area contributed by atoms with Gasteiger partial charge in [0, 0.05) is 12.2 Å². The van der Waals surface area contributed by atoms with Gasteiger partial charge in [0.15, 0.2) is 0 Å². The number of hydrogen-bond acceptors (Lipinski definition) is 3. The molecule has 1 aromatic heterocycles. The molecule has 0 bridgehead atoms. The second-order valence-corrected chi connectivity index (χ2v) is 5.08. The van der Waals surface area contributed by atoms with E-state index >= 15 is 0 Å². The predicted molar refractivity (Wildman–Crippen MR) is 88.8 cm³/mol. The number of furan rings is 1. The standard InChI is InChI=1S/C17H23NO2.ClH/c1-14(2)19-12-6-11-18-13-16-9-10-17(20-16)15-7-4-3-5-8-15;/h3-5,7-10,14,18H,6,11-13H2,1-2H3;1H. The van der Waals surface area contributed by atoms with Crippen molar-refractivity contribution in [1.82, 2.24) is 5.32 Å². The maximum absolute atomic E-state index is 5.82. The first-order valence-corrected chi connectivity index (χ1v) is 7.22. The summed E-state index contributed by atoms with van der Waals surface area (Å²) in [5.74, 6) is 1.89. The Balaban J connectivity index is 0.00000220. The van der Waals surface area contributed by atoms with Crippen LogP contribution in [0.4, 0.5) is 0 Å². The van der Waals surface area contributed by atoms with Crippen LogP contribution in [-0.2, 0) is 11.3 Å². The third-order valence-corrected chi connectivity index (χ3v) is 2.97. The summed E-state index contributed by atoms with van der Waals surface area (Å²) >= 11 is 0. The molecule has 0 radical (unpaired) electrons. The Bertz CT molecular complexity index is 497. The molecule has 0 aliphatic rings. The summed E-state index contributed by atoms with van der Waals surface area (Å²) in [7, 11) is 0. The average Bonchev–Trinajstić information content (AvgIpc) is 2.92. The molecule has 1 aromatic carbocycles. The number of hydrogen-bond donors (Lipinski definition) is 1. The predicted octanol–water partition coefficient (Wildman–Crippen LogP) is 4.27. The first-order chi connectivity index (χ1) is 9.75. The summed E-state index contributed by atoms with van der Waals surface area (Å²) in [5, 5.41) is 3.37. The molecule has 4 heteroatoms. The minimum atomic E-state index is 0. The van der Waals surface area contributed by atoms with Crippen LogP contribution in [0.25, 0.3) is 11.3 Å². The van der Waals surface area contributed by atoms with Gasteiger partial charge in [0.1, 0.15) is 11.5 Å². The molecule has 2 aromatic rings. The molecule has 0 fully saturated rings. The van der Waals surface area contributed by atoms with Gasteiger partial charge in [-0.05, 0) is 38.9 Å². The Morgan fingerprint density at radius 2 is 1.86 bits per heavy atom. The van der Waals surface area contributed by atoms with E-state index in [1.165, 1.54) is 0 Å². The lowest BCUT2D eigenvalue weighted by molar-refractivity contribution is 0.0770. The lowest BCUT2D eigenvalue weighted by Crippen LogP contribution is -2.17. The molecule has 2 rings (SSSR count). The van der Waals surface area contributed by atoms with Gasteiger partial charge < -0.3 is 14.5 Å². The van der Waals surface area contributed by atoms with E-state index in [1.54, 1.807) is 0 Å². The summed E-state index contributed by atoms with van der Waals surface area (Å²) in [6.07, 6.45) is 1.33. The topological polar surface area (TPSA) is 34.4 Å². The van der Waals surface area contributed by atoms with Crippen molar-refractivity contribution in [3.05, 3.63) is 48.2 Å². The molecule has 0 atom stereocenters. The van der Waals surface area contributed by atoms with E-state index in [-0.39, 0.29) is 12.4 Å². The van der Waals surface area contributed by atoms with Gasteiger partial charge in [-0.25, -0.2) is 0 Å².